The molecule has 1 aromatic heterocycles. The third kappa shape index (κ3) is 3.06. The van der Waals surface area contributed by atoms with Crippen molar-refractivity contribution in [2.24, 2.45) is 0 Å². The van der Waals surface area contributed by atoms with Gasteiger partial charge < -0.3 is 15.8 Å². The van der Waals surface area contributed by atoms with E-state index in [1.165, 1.54) is 6.33 Å². The number of nitrogens with two attached hydrogens (primary N) is 1. The summed E-state index contributed by atoms with van der Waals surface area (Å²) < 4.78 is 5.15. The molecule has 0 radical (unpaired) electrons. The Morgan fingerprint density at radius 1 is 1.44 bits per heavy atom. The maximum atomic E-state index is 5.80. The number of hydrogen-bond donors (Lipinski definition) is 2. The van der Waals surface area contributed by atoms with Crippen LogP contribution in [-0.2, 0) is 11.2 Å². The SMILES string of the molecule is CCc1c(N)ncnc1NC(C)(C)COC. The van der Waals surface area contributed by atoms with Gasteiger partial charge in [-0.15, -0.1) is 0 Å². The first-order chi connectivity index (χ1) is 7.50. The second-order valence-electron chi connectivity index (χ2n) is 4.38. The van der Waals surface area contributed by atoms with Crippen LogP contribution in [0.1, 0.15) is 26.3 Å². The Balaban J connectivity index is 2.92. The largest absolute Gasteiger partial charge is 0.383 e. The number of anilines is 2. The average molecular weight is 224 g/mol. The standard InChI is InChI=1S/C11H20N4O/c1-5-8-9(12)13-7-14-10(8)15-11(2,3)6-16-4/h7H,5-6H2,1-4H3,(H3,12,13,14,15). The fourth-order valence-corrected chi connectivity index (χ4v) is 1.60. The third-order valence-corrected chi connectivity index (χ3v) is 2.29. The van der Waals surface area contributed by atoms with Crippen molar-refractivity contribution in [1.29, 1.82) is 0 Å². The molecule has 0 saturated heterocycles. The topological polar surface area (TPSA) is 73.1 Å². The first kappa shape index (κ1) is 12.7. The van der Waals surface area contributed by atoms with Crippen molar-refractivity contribution in [2.75, 3.05) is 24.8 Å². The van der Waals surface area contributed by atoms with Gasteiger partial charge in [-0.25, -0.2) is 9.97 Å². The van der Waals surface area contributed by atoms with Crippen molar-refractivity contribution in [1.82, 2.24) is 9.97 Å². The summed E-state index contributed by atoms with van der Waals surface area (Å²) in [6.07, 6.45) is 2.28. The first-order valence-electron chi connectivity index (χ1n) is 5.36. The van der Waals surface area contributed by atoms with Gasteiger partial charge in [-0.3, -0.25) is 0 Å². The monoisotopic (exact) mass is 224 g/mol. The molecule has 0 saturated carbocycles. The molecule has 3 N–H and O–H groups in total. The highest BCUT2D eigenvalue weighted by atomic mass is 16.5. The molecule has 0 aliphatic carbocycles. The van der Waals surface area contributed by atoms with Crippen molar-refractivity contribution in [3.05, 3.63) is 11.9 Å². The second-order valence-corrected chi connectivity index (χ2v) is 4.38. The van der Waals surface area contributed by atoms with E-state index in [0.29, 0.717) is 12.4 Å². The van der Waals surface area contributed by atoms with E-state index in [9.17, 15) is 0 Å². The maximum Gasteiger partial charge on any atom is 0.135 e. The van der Waals surface area contributed by atoms with Crippen LogP contribution < -0.4 is 11.1 Å². The van der Waals surface area contributed by atoms with Gasteiger partial charge in [-0.05, 0) is 20.3 Å². The molecule has 0 aromatic carbocycles. The van der Waals surface area contributed by atoms with Crippen LogP contribution in [0, 0.1) is 0 Å². The number of rotatable bonds is 5. The Morgan fingerprint density at radius 3 is 2.69 bits per heavy atom. The Hall–Kier alpha value is -1.36. The fourth-order valence-electron chi connectivity index (χ4n) is 1.60. The lowest BCUT2D eigenvalue weighted by molar-refractivity contribution is 0.158. The minimum atomic E-state index is -0.181. The smallest absolute Gasteiger partial charge is 0.135 e. The molecule has 0 aliphatic rings. The van der Waals surface area contributed by atoms with Gasteiger partial charge >= 0.3 is 0 Å². The molecule has 0 amide bonds. The zero-order valence-corrected chi connectivity index (χ0v) is 10.4. The summed E-state index contributed by atoms with van der Waals surface area (Å²) in [5, 5.41) is 3.32. The van der Waals surface area contributed by atoms with Crippen molar-refractivity contribution in [3.63, 3.8) is 0 Å². The predicted octanol–water partition coefficient (Wildman–Crippen LogP) is 1.46. The summed E-state index contributed by atoms with van der Waals surface area (Å²) >= 11 is 0. The summed E-state index contributed by atoms with van der Waals surface area (Å²) in [5.74, 6) is 1.32. The van der Waals surface area contributed by atoms with Crippen LogP contribution >= 0.6 is 0 Å². The summed E-state index contributed by atoms with van der Waals surface area (Å²) in [6.45, 7) is 6.73. The Labute approximate surface area is 96.4 Å². The number of nitrogen functional groups attached to an aromatic ring is 1. The van der Waals surface area contributed by atoms with Crippen molar-refractivity contribution in [3.8, 4) is 0 Å². The van der Waals surface area contributed by atoms with Crippen molar-refractivity contribution in [2.45, 2.75) is 32.7 Å². The molecular formula is C11H20N4O. The normalized spacial score (nSPS) is 11.5. The lowest BCUT2D eigenvalue weighted by Gasteiger charge is -2.27. The molecule has 16 heavy (non-hydrogen) atoms. The van der Waals surface area contributed by atoms with E-state index in [1.807, 2.05) is 20.8 Å². The highest BCUT2D eigenvalue weighted by molar-refractivity contribution is 5.55. The molecule has 5 nitrogen and oxygen atoms in total. The molecule has 5 heteroatoms. The highest BCUT2D eigenvalue weighted by Crippen LogP contribution is 2.21. The van der Waals surface area contributed by atoms with Crippen LogP contribution in [0.15, 0.2) is 6.33 Å². The van der Waals surface area contributed by atoms with E-state index in [4.69, 9.17) is 10.5 Å². The lowest BCUT2D eigenvalue weighted by atomic mass is 10.1. The van der Waals surface area contributed by atoms with E-state index in [0.717, 1.165) is 17.8 Å². The van der Waals surface area contributed by atoms with E-state index >= 15 is 0 Å². The van der Waals surface area contributed by atoms with Crippen LogP contribution in [-0.4, -0.2) is 29.2 Å². The summed E-state index contributed by atoms with van der Waals surface area (Å²) in [4.78, 5) is 8.20. The number of ether oxygens (including phenoxy) is 1. The molecular weight excluding hydrogens is 204 g/mol. The van der Waals surface area contributed by atoms with Gasteiger partial charge in [0.1, 0.15) is 18.0 Å². The number of methoxy groups -OCH3 is 1. The van der Waals surface area contributed by atoms with E-state index in [1.54, 1.807) is 7.11 Å². The van der Waals surface area contributed by atoms with Crippen molar-refractivity contribution >= 4 is 11.6 Å². The molecule has 0 unspecified atom stereocenters. The molecule has 0 spiro atoms. The van der Waals surface area contributed by atoms with Gasteiger partial charge in [0.15, 0.2) is 0 Å². The zero-order valence-electron chi connectivity index (χ0n) is 10.4. The quantitative estimate of drug-likeness (QED) is 0.792. The number of hydrogen-bond acceptors (Lipinski definition) is 5. The Kier molecular flexibility index (Phi) is 4.06. The second kappa shape index (κ2) is 5.12. The Morgan fingerprint density at radius 2 is 2.12 bits per heavy atom. The Bertz CT molecular complexity index is 352. The predicted molar refractivity (Wildman–Crippen MR) is 65.4 cm³/mol. The summed E-state index contributed by atoms with van der Waals surface area (Å²) in [6, 6.07) is 0. The number of aromatic nitrogens is 2. The number of nitrogens with zero attached hydrogens (tertiary/aromatic N) is 2. The van der Waals surface area contributed by atoms with Gasteiger partial charge in [0, 0.05) is 12.7 Å². The van der Waals surface area contributed by atoms with E-state index in [-0.39, 0.29) is 5.54 Å². The van der Waals surface area contributed by atoms with Crippen LogP contribution in [0.2, 0.25) is 0 Å². The van der Waals surface area contributed by atoms with Crippen LogP contribution in [0.25, 0.3) is 0 Å². The van der Waals surface area contributed by atoms with Gasteiger partial charge in [-0.1, -0.05) is 6.92 Å². The average Bonchev–Trinajstić information content (AvgIpc) is 2.17. The molecule has 0 atom stereocenters. The molecule has 0 aliphatic heterocycles. The molecule has 1 rings (SSSR count). The third-order valence-electron chi connectivity index (χ3n) is 2.29. The van der Waals surface area contributed by atoms with Crippen LogP contribution in [0.4, 0.5) is 11.6 Å². The molecule has 0 fully saturated rings. The van der Waals surface area contributed by atoms with Crippen molar-refractivity contribution < 1.29 is 4.74 Å². The molecule has 0 bridgehead atoms. The summed E-state index contributed by atoms with van der Waals surface area (Å²) in [5.41, 5.74) is 6.57. The summed E-state index contributed by atoms with van der Waals surface area (Å²) in [7, 11) is 1.68. The van der Waals surface area contributed by atoms with E-state index < -0.39 is 0 Å². The fraction of sp³-hybridized carbons (Fsp3) is 0.636. The van der Waals surface area contributed by atoms with Gasteiger partial charge in [0.25, 0.3) is 0 Å². The van der Waals surface area contributed by atoms with Gasteiger partial charge in [0.2, 0.25) is 0 Å². The van der Waals surface area contributed by atoms with Gasteiger partial charge in [0.05, 0.1) is 12.1 Å². The minimum absolute atomic E-state index is 0.181. The maximum absolute atomic E-state index is 5.80. The highest BCUT2D eigenvalue weighted by Gasteiger charge is 2.19. The molecule has 1 aromatic rings. The number of nitrogens with one attached hydrogen (secondary N) is 1. The van der Waals surface area contributed by atoms with Gasteiger partial charge in [-0.2, -0.15) is 0 Å². The van der Waals surface area contributed by atoms with Crippen LogP contribution in [0.5, 0.6) is 0 Å². The molecule has 1 heterocycles. The first-order valence-corrected chi connectivity index (χ1v) is 5.36. The minimum Gasteiger partial charge on any atom is -0.383 e. The lowest BCUT2D eigenvalue weighted by Crippen LogP contribution is -2.36. The zero-order chi connectivity index (χ0) is 12.2. The molecule has 90 valence electrons. The van der Waals surface area contributed by atoms with E-state index in [2.05, 4.69) is 15.3 Å². The van der Waals surface area contributed by atoms with Crippen LogP contribution in [0.3, 0.4) is 0 Å².